The Hall–Kier alpha value is -2.33. The van der Waals surface area contributed by atoms with Gasteiger partial charge >= 0.3 is 0 Å². The Labute approximate surface area is 153 Å². The van der Waals surface area contributed by atoms with Crippen LogP contribution in [0, 0.1) is 0 Å². The summed E-state index contributed by atoms with van der Waals surface area (Å²) >= 11 is 2.73. The smallest absolute Gasteiger partial charge is 0.239 e. The Morgan fingerprint density at radius 2 is 2.04 bits per heavy atom. The van der Waals surface area contributed by atoms with E-state index >= 15 is 0 Å². The quantitative estimate of drug-likeness (QED) is 0.661. The number of carbonyl (C=O) groups excluding carboxylic acids is 1. The van der Waals surface area contributed by atoms with E-state index in [0.29, 0.717) is 10.3 Å². The van der Waals surface area contributed by atoms with Crippen molar-refractivity contribution in [1.29, 1.82) is 0 Å². The summed E-state index contributed by atoms with van der Waals surface area (Å²) in [5.74, 6) is 0.589. The molecule has 1 unspecified atom stereocenters. The van der Waals surface area contributed by atoms with Crippen LogP contribution in [0.1, 0.15) is 18.9 Å². The first-order chi connectivity index (χ1) is 12.1. The number of thioether (sulfide) groups is 1. The normalized spacial score (nSPS) is 12.1. The molecule has 10 heteroatoms. The standard InChI is InChI=1S/C15H17N7OS2/c1-4-11-18-20-14(25-11)17-13(23)9(2)24-15-21-19-12(22(15)3)10-5-7-16-8-6-10/h5-9H,4H2,1-3H3,(H,17,20,23). The summed E-state index contributed by atoms with van der Waals surface area (Å²) in [7, 11) is 1.88. The fourth-order valence-electron chi connectivity index (χ4n) is 2.04. The molecule has 0 fully saturated rings. The fourth-order valence-corrected chi connectivity index (χ4v) is 3.53. The van der Waals surface area contributed by atoms with Gasteiger partial charge in [-0.2, -0.15) is 0 Å². The molecule has 1 N–H and O–H groups in total. The van der Waals surface area contributed by atoms with E-state index in [-0.39, 0.29) is 11.2 Å². The molecule has 0 saturated carbocycles. The Bertz CT molecular complexity index is 862. The molecule has 1 amide bonds. The van der Waals surface area contributed by atoms with Crippen molar-refractivity contribution in [1.82, 2.24) is 29.9 Å². The molecule has 0 aliphatic carbocycles. The molecule has 0 aliphatic heterocycles. The summed E-state index contributed by atoms with van der Waals surface area (Å²) in [6.07, 6.45) is 4.22. The highest BCUT2D eigenvalue weighted by Gasteiger charge is 2.20. The van der Waals surface area contributed by atoms with Gasteiger partial charge in [0.25, 0.3) is 0 Å². The summed E-state index contributed by atoms with van der Waals surface area (Å²) in [4.78, 5) is 16.3. The molecule has 0 radical (unpaired) electrons. The maximum absolute atomic E-state index is 12.3. The molecule has 8 nitrogen and oxygen atoms in total. The van der Waals surface area contributed by atoms with E-state index in [2.05, 4.69) is 30.7 Å². The van der Waals surface area contributed by atoms with E-state index < -0.39 is 0 Å². The van der Waals surface area contributed by atoms with Crippen molar-refractivity contribution in [3.05, 3.63) is 29.5 Å². The summed E-state index contributed by atoms with van der Waals surface area (Å²) in [6, 6.07) is 3.74. The van der Waals surface area contributed by atoms with Gasteiger partial charge in [-0.1, -0.05) is 30.0 Å². The zero-order chi connectivity index (χ0) is 17.8. The molecule has 0 spiro atoms. The van der Waals surface area contributed by atoms with Crippen molar-refractivity contribution in [2.24, 2.45) is 7.05 Å². The molecule has 0 aromatic carbocycles. The van der Waals surface area contributed by atoms with E-state index in [4.69, 9.17) is 0 Å². The Morgan fingerprint density at radius 3 is 2.72 bits per heavy atom. The Balaban J connectivity index is 1.67. The molecule has 130 valence electrons. The van der Waals surface area contributed by atoms with Gasteiger partial charge in [0.05, 0.1) is 5.25 Å². The summed E-state index contributed by atoms with van der Waals surface area (Å²) < 4.78 is 1.86. The number of aryl methyl sites for hydroxylation is 1. The van der Waals surface area contributed by atoms with Gasteiger partial charge in [-0.25, -0.2) is 0 Å². The van der Waals surface area contributed by atoms with Gasteiger partial charge in [0.2, 0.25) is 11.0 Å². The number of aromatic nitrogens is 6. The van der Waals surface area contributed by atoms with Crippen LogP contribution >= 0.6 is 23.1 Å². The van der Waals surface area contributed by atoms with Gasteiger partial charge in [-0.05, 0) is 25.5 Å². The first kappa shape index (κ1) is 17.5. The molecular weight excluding hydrogens is 358 g/mol. The number of amides is 1. The second kappa shape index (κ2) is 7.70. The minimum absolute atomic E-state index is 0.141. The van der Waals surface area contributed by atoms with Crippen molar-refractivity contribution in [3.8, 4) is 11.4 Å². The van der Waals surface area contributed by atoms with E-state index in [0.717, 1.165) is 22.8 Å². The largest absolute Gasteiger partial charge is 0.305 e. The van der Waals surface area contributed by atoms with Crippen LogP contribution in [0.3, 0.4) is 0 Å². The number of rotatable bonds is 6. The van der Waals surface area contributed by atoms with Crippen LogP contribution in [0.4, 0.5) is 5.13 Å². The average Bonchev–Trinajstić information content (AvgIpc) is 3.22. The molecule has 25 heavy (non-hydrogen) atoms. The zero-order valence-corrected chi connectivity index (χ0v) is 15.6. The highest BCUT2D eigenvalue weighted by atomic mass is 32.2. The maximum atomic E-state index is 12.3. The van der Waals surface area contributed by atoms with Gasteiger partial charge in [-0.15, -0.1) is 20.4 Å². The van der Waals surface area contributed by atoms with Crippen molar-refractivity contribution in [3.63, 3.8) is 0 Å². The summed E-state index contributed by atoms with van der Waals surface area (Å²) in [5.41, 5.74) is 0.926. The van der Waals surface area contributed by atoms with Gasteiger partial charge in [0, 0.05) is 25.0 Å². The first-order valence-corrected chi connectivity index (χ1v) is 9.37. The molecule has 3 heterocycles. The highest BCUT2D eigenvalue weighted by Crippen LogP contribution is 2.26. The van der Waals surface area contributed by atoms with E-state index in [1.165, 1.54) is 23.1 Å². The van der Waals surface area contributed by atoms with Crippen LogP contribution in [0.2, 0.25) is 0 Å². The predicted octanol–water partition coefficient (Wildman–Crippen LogP) is 2.41. The number of nitrogens with one attached hydrogen (secondary N) is 1. The minimum atomic E-state index is -0.345. The molecule has 3 rings (SSSR count). The van der Waals surface area contributed by atoms with Crippen LogP contribution in [0.25, 0.3) is 11.4 Å². The average molecular weight is 375 g/mol. The summed E-state index contributed by atoms with van der Waals surface area (Å²) in [5, 5.41) is 20.9. The molecule has 1 atom stereocenters. The third kappa shape index (κ3) is 4.02. The van der Waals surface area contributed by atoms with Crippen LogP contribution in [-0.2, 0) is 18.3 Å². The number of pyridine rings is 1. The van der Waals surface area contributed by atoms with Crippen LogP contribution in [0.5, 0.6) is 0 Å². The lowest BCUT2D eigenvalue weighted by atomic mass is 10.2. The molecule has 0 bridgehead atoms. The van der Waals surface area contributed by atoms with Gasteiger partial charge in [-0.3, -0.25) is 15.1 Å². The van der Waals surface area contributed by atoms with Gasteiger partial charge < -0.3 is 4.57 Å². The zero-order valence-electron chi connectivity index (χ0n) is 14.0. The van der Waals surface area contributed by atoms with Gasteiger partial charge in [0.15, 0.2) is 11.0 Å². The molecular formula is C15H17N7OS2. The topological polar surface area (TPSA) is 98.5 Å². The Morgan fingerprint density at radius 1 is 1.28 bits per heavy atom. The van der Waals surface area contributed by atoms with E-state index in [9.17, 15) is 4.79 Å². The SMILES string of the molecule is CCc1nnc(NC(=O)C(C)Sc2nnc(-c3ccncc3)n2C)s1. The highest BCUT2D eigenvalue weighted by molar-refractivity contribution is 8.00. The fraction of sp³-hybridized carbons (Fsp3) is 0.333. The Kier molecular flexibility index (Phi) is 5.39. The number of anilines is 1. The molecule has 0 aliphatic rings. The minimum Gasteiger partial charge on any atom is -0.305 e. The maximum Gasteiger partial charge on any atom is 0.239 e. The van der Waals surface area contributed by atoms with Crippen LogP contribution < -0.4 is 5.32 Å². The predicted molar refractivity (Wildman–Crippen MR) is 97.5 cm³/mol. The lowest BCUT2D eigenvalue weighted by Crippen LogP contribution is -2.22. The lowest BCUT2D eigenvalue weighted by molar-refractivity contribution is -0.115. The second-order valence-electron chi connectivity index (χ2n) is 5.20. The molecule has 3 aromatic heterocycles. The monoisotopic (exact) mass is 375 g/mol. The number of hydrogen-bond donors (Lipinski definition) is 1. The van der Waals surface area contributed by atoms with Crippen LogP contribution in [-0.4, -0.2) is 41.1 Å². The molecule has 0 saturated heterocycles. The summed E-state index contributed by atoms with van der Waals surface area (Å²) in [6.45, 7) is 3.82. The van der Waals surface area contributed by atoms with Crippen molar-refractivity contribution in [2.75, 3.05) is 5.32 Å². The number of nitrogens with zero attached hydrogens (tertiary/aromatic N) is 6. The van der Waals surface area contributed by atoms with Crippen molar-refractivity contribution < 1.29 is 4.79 Å². The lowest BCUT2D eigenvalue weighted by Gasteiger charge is -2.09. The van der Waals surface area contributed by atoms with Crippen molar-refractivity contribution in [2.45, 2.75) is 30.7 Å². The third-order valence-electron chi connectivity index (χ3n) is 3.42. The van der Waals surface area contributed by atoms with E-state index in [1.807, 2.05) is 37.6 Å². The molecule has 3 aromatic rings. The van der Waals surface area contributed by atoms with Crippen LogP contribution in [0.15, 0.2) is 29.7 Å². The number of hydrogen-bond acceptors (Lipinski definition) is 8. The van der Waals surface area contributed by atoms with Gasteiger partial charge in [0.1, 0.15) is 5.01 Å². The number of carbonyl (C=O) groups is 1. The van der Waals surface area contributed by atoms with Crippen molar-refractivity contribution >= 4 is 34.1 Å². The van der Waals surface area contributed by atoms with E-state index in [1.54, 1.807) is 12.4 Å². The first-order valence-electron chi connectivity index (χ1n) is 7.68. The second-order valence-corrected chi connectivity index (χ2v) is 7.57. The third-order valence-corrected chi connectivity index (χ3v) is 5.54.